The predicted molar refractivity (Wildman–Crippen MR) is 104 cm³/mol. The van der Waals surface area contributed by atoms with Crippen molar-refractivity contribution < 1.29 is 0 Å². The van der Waals surface area contributed by atoms with E-state index in [0.29, 0.717) is 12.1 Å². The Morgan fingerprint density at radius 3 is 2.83 bits per heavy atom. The van der Waals surface area contributed by atoms with Crippen LogP contribution in [0.3, 0.4) is 0 Å². The monoisotopic (exact) mass is 361 g/mol. The standard InChI is InChI=1S/C17H23N5S2/c1-2-15(18-5-1)16-3-6-19-17(21-16)22-7-4-13(10-22)20-14-11-23-8-9-24-12-14/h1-3,5-6,13-14,18,20H,4,7-12H2. The van der Waals surface area contributed by atoms with Crippen molar-refractivity contribution in [3.63, 3.8) is 0 Å². The van der Waals surface area contributed by atoms with Crippen LogP contribution in [0.15, 0.2) is 30.6 Å². The Hall–Kier alpha value is -1.18. The summed E-state index contributed by atoms with van der Waals surface area (Å²) < 4.78 is 0. The molecule has 4 rings (SSSR count). The van der Waals surface area contributed by atoms with E-state index in [-0.39, 0.29) is 0 Å². The lowest BCUT2D eigenvalue weighted by molar-refractivity contribution is 0.501. The van der Waals surface area contributed by atoms with Crippen LogP contribution in [-0.4, -0.2) is 63.1 Å². The number of hydrogen-bond acceptors (Lipinski definition) is 6. The fraction of sp³-hybridized carbons (Fsp3) is 0.529. The Morgan fingerprint density at radius 1 is 1.17 bits per heavy atom. The van der Waals surface area contributed by atoms with E-state index in [4.69, 9.17) is 4.98 Å². The summed E-state index contributed by atoms with van der Waals surface area (Å²) in [5, 5.41) is 3.85. The van der Waals surface area contributed by atoms with Crippen LogP contribution in [0.25, 0.3) is 11.4 Å². The van der Waals surface area contributed by atoms with Crippen molar-refractivity contribution in [3.05, 3.63) is 30.6 Å². The summed E-state index contributed by atoms with van der Waals surface area (Å²) in [6.45, 7) is 2.03. The van der Waals surface area contributed by atoms with Gasteiger partial charge < -0.3 is 15.2 Å². The molecule has 2 aromatic rings. The van der Waals surface area contributed by atoms with Crippen LogP contribution in [0.2, 0.25) is 0 Å². The van der Waals surface area contributed by atoms with Gasteiger partial charge in [0.05, 0.1) is 11.4 Å². The number of H-pyrrole nitrogens is 1. The molecule has 1 atom stereocenters. The molecule has 2 aromatic heterocycles. The van der Waals surface area contributed by atoms with Crippen LogP contribution in [0.4, 0.5) is 5.95 Å². The van der Waals surface area contributed by atoms with E-state index in [1.807, 2.05) is 30.6 Å². The lowest BCUT2D eigenvalue weighted by atomic mass is 10.2. The van der Waals surface area contributed by atoms with Crippen molar-refractivity contribution in [1.29, 1.82) is 0 Å². The fourth-order valence-corrected chi connectivity index (χ4v) is 5.69. The van der Waals surface area contributed by atoms with Crippen LogP contribution < -0.4 is 10.2 Å². The molecule has 0 saturated carbocycles. The molecule has 2 fully saturated rings. The summed E-state index contributed by atoms with van der Waals surface area (Å²) in [5.41, 5.74) is 2.00. The highest BCUT2D eigenvalue weighted by Crippen LogP contribution is 2.22. The van der Waals surface area contributed by atoms with Gasteiger partial charge >= 0.3 is 0 Å². The number of aromatic nitrogens is 3. The van der Waals surface area contributed by atoms with E-state index in [2.05, 4.69) is 43.7 Å². The third kappa shape index (κ3) is 3.90. The van der Waals surface area contributed by atoms with Gasteiger partial charge in [0.25, 0.3) is 0 Å². The number of nitrogens with zero attached hydrogens (tertiary/aromatic N) is 3. The van der Waals surface area contributed by atoms with Gasteiger partial charge in [-0.05, 0) is 24.6 Å². The summed E-state index contributed by atoms with van der Waals surface area (Å²) in [6.07, 6.45) is 4.95. The van der Waals surface area contributed by atoms with Crippen LogP contribution in [0.5, 0.6) is 0 Å². The molecule has 128 valence electrons. The molecular weight excluding hydrogens is 338 g/mol. The molecule has 0 aromatic carbocycles. The fourth-order valence-electron chi connectivity index (χ4n) is 3.27. The van der Waals surface area contributed by atoms with E-state index in [1.54, 1.807) is 0 Å². The number of rotatable bonds is 4. The third-order valence-corrected chi connectivity index (χ3v) is 6.99. The molecule has 0 aliphatic carbocycles. The van der Waals surface area contributed by atoms with Gasteiger partial charge in [0, 0.05) is 60.6 Å². The average molecular weight is 362 g/mol. The molecule has 0 spiro atoms. The third-order valence-electron chi connectivity index (χ3n) is 4.47. The van der Waals surface area contributed by atoms with Crippen molar-refractivity contribution in [2.24, 2.45) is 0 Å². The zero-order valence-electron chi connectivity index (χ0n) is 13.6. The maximum Gasteiger partial charge on any atom is 0.225 e. The first-order valence-electron chi connectivity index (χ1n) is 8.52. The molecule has 4 heterocycles. The smallest absolute Gasteiger partial charge is 0.225 e. The number of aromatic amines is 1. The zero-order valence-corrected chi connectivity index (χ0v) is 15.3. The second kappa shape index (κ2) is 7.80. The SMILES string of the molecule is c1c[nH]c(-c2ccnc(N3CCC(NC4CSCCSC4)C3)n2)c1. The van der Waals surface area contributed by atoms with Crippen molar-refractivity contribution in [3.8, 4) is 11.4 Å². The molecule has 24 heavy (non-hydrogen) atoms. The van der Waals surface area contributed by atoms with Crippen molar-refractivity contribution in [2.45, 2.75) is 18.5 Å². The summed E-state index contributed by atoms with van der Waals surface area (Å²) in [5.74, 6) is 5.90. The van der Waals surface area contributed by atoms with Gasteiger partial charge in [0.1, 0.15) is 0 Å². The molecule has 2 aliphatic heterocycles. The van der Waals surface area contributed by atoms with Gasteiger partial charge in [-0.3, -0.25) is 0 Å². The van der Waals surface area contributed by atoms with Gasteiger partial charge in [0.15, 0.2) is 0 Å². The number of nitrogens with one attached hydrogen (secondary N) is 2. The van der Waals surface area contributed by atoms with Crippen molar-refractivity contribution in [1.82, 2.24) is 20.3 Å². The largest absolute Gasteiger partial charge is 0.360 e. The summed E-state index contributed by atoms with van der Waals surface area (Å²) in [4.78, 5) is 14.8. The highest BCUT2D eigenvalue weighted by molar-refractivity contribution is 8.03. The number of hydrogen-bond donors (Lipinski definition) is 2. The minimum Gasteiger partial charge on any atom is -0.360 e. The Bertz CT molecular complexity index is 640. The summed E-state index contributed by atoms with van der Waals surface area (Å²) in [6, 6.07) is 7.18. The van der Waals surface area contributed by atoms with E-state index in [0.717, 1.165) is 30.4 Å². The second-order valence-electron chi connectivity index (χ2n) is 6.27. The molecule has 7 heteroatoms. The Balaban J connectivity index is 1.38. The number of thioether (sulfide) groups is 2. The van der Waals surface area contributed by atoms with Crippen LogP contribution in [0, 0.1) is 0 Å². The number of anilines is 1. The Kier molecular flexibility index (Phi) is 5.30. The molecule has 2 N–H and O–H groups in total. The first-order chi connectivity index (χ1) is 11.9. The normalized spacial score (nSPS) is 22.7. The topological polar surface area (TPSA) is 56.8 Å². The first kappa shape index (κ1) is 16.3. The summed E-state index contributed by atoms with van der Waals surface area (Å²) >= 11 is 4.16. The molecule has 0 radical (unpaired) electrons. The second-order valence-corrected chi connectivity index (χ2v) is 8.57. The average Bonchev–Trinajstić information content (AvgIpc) is 3.24. The molecule has 0 amide bonds. The molecule has 2 aliphatic rings. The predicted octanol–water partition coefficient (Wildman–Crippen LogP) is 2.49. The van der Waals surface area contributed by atoms with Crippen LogP contribution >= 0.6 is 23.5 Å². The zero-order chi connectivity index (χ0) is 16.2. The van der Waals surface area contributed by atoms with Gasteiger partial charge in [-0.15, -0.1) is 0 Å². The minimum atomic E-state index is 0.548. The van der Waals surface area contributed by atoms with E-state index in [9.17, 15) is 0 Å². The lowest BCUT2D eigenvalue weighted by Gasteiger charge is -2.21. The Morgan fingerprint density at radius 2 is 2.04 bits per heavy atom. The lowest BCUT2D eigenvalue weighted by Crippen LogP contribution is -2.42. The van der Waals surface area contributed by atoms with Gasteiger partial charge in [-0.25, -0.2) is 9.97 Å². The van der Waals surface area contributed by atoms with Crippen LogP contribution in [0.1, 0.15) is 6.42 Å². The highest BCUT2D eigenvalue weighted by atomic mass is 32.2. The van der Waals surface area contributed by atoms with Gasteiger partial charge in [0.2, 0.25) is 5.95 Å². The maximum atomic E-state index is 4.74. The van der Waals surface area contributed by atoms with Crippen molar-refractivity contribution in [2.75, 3.05) is 41.0 Å². The highest BCUT2D eigenvalue weighted by Gasteiger charge is 2.27. The van der Waals surface area contributed by atoms with E-state index >= 15 is 0 Å². The molecular formula is C17H23N5S2. The van der Waals surface area contributed by atoms with Gasteiger partial charge in [-0.1, -0.05) is 0 Å². The van der Waals surface area contributed by atoms with Crippen LogP contribution in [-0.2, 0) is 0 Å². The Labute approximate surface area is 151 Å². The molecule has 2 saturated heterocycles. The van der Waals surface area contributed by atoms with Crippen molar-refractivity contribution >= 4 is 29.5 Å². The van der Waals surface area contributed by atoms with E-state index < -0.39 is 0 Å². The quantitative estimate of drug-likeness (QED) is 0.873. The van der Waals surface area contributed by atoms with Gasteiger partial charge in [-0.2, -0.15) is 23.5 Å². The molecule has 5 nitrogen and oxygen atoms in total. The summed E-state index contributed by atoms with van der Waals surface area (Å²) in [7, 11) is 0. The maximum absolute atomic E-state index is 4.74. The minimum absolute atomic E-state index is 0.548. The first-order valence-corrected chi connectivity index (χ1v) is 10.8. The molecule has 0 bridgehead atoms. The molecule has 1 unspecified atom stereocenters. The van der Waals surface area contributed by atoms with E-state index in [1.165, 1.54) is 29.4 Å².